The molecule has 2 rings (SSSR count). The van der Waals surface area contributed by atoms with E-state index in [1.807, 2.05) is 12.1 Å². The van der Waals surface area contributed by atoms with Gasteiger partial charge in [0.1, 0.15) is 0 Å². The summed E-state index contributed by atoms with van der Waals surface area (Å²) in [5, 5.41) is 14.2. The van der Waals surface area contributed by atoms with Crippen LogP contribution in [0.1, 0.15) is 25.3 Å². The smallest absolute Gasteiger partial charge is 0.319 e. The molecular weight excluding hydrogens is 256 g/mol. The molecule has 1 aliphatic carbocycles. The molecule has 0 aromatic heterocycles. The third kappa shape index (κ3) is 4.57. The highest BCUT2D eigenvalue weighted by atomic mass is 16.4. The van der Waals surface area contributed by atoms with E-state index in [0.29, 0.717) is 18.0 Å². The number of amides is 2. The van der Waals surface area contributed by atoms with Crippen molar-refractivity contribution in [2.45, 2.75) is 26.2 Å². The summed E-state index contributed by atoms with van der Waals surface area (Å²) in [6, 6.07) is 7.05. The van der Waals surface area contributed by atoms with Gasteiger partial charge in [0.15, 0.2) is 0 Å². The highest BCUT2D eigenvalue weighted by Crippen LogP contribution is 2.36. The molecule has 5 heteroatoms. The van der Waals surface area contributed by atoms with Gasteiger partial charge in [0.05, 0.1) is 0 Å². The summed E-state index contributed by atoms with van der Waals surface area (Å²) in [4.78, 5) is 22.1. The minimum absolute atomic E-state index is 0.118. The van der Waals surface area contributed by atoms with Gasteiger partial charge < -0.3 is 15.7 Å². The average Bonchev–Trinajstić information content (AvgIpc) is 3.11. The Morgan fingerprint density at radius 2 is 1.95 bits per heavy atom. The first-order chi connectivity index (χ1) is 9.54. The van der Waals surface area contributed by atoms with E-state index < -0.39 is 5.97 Å². The van der Waals surface area contributed by atoms with Crippen molar-refractivity contribution in [3.8, 4) is 0 Å². The first kappa shape index (κ1) is 14.4. The molecule has 108 valence electrons. The van der Waals surface area contributed by atoms with Crippen molar-refractivity contribution in [1.82, 2.24) is 5.32 Å². The summed E-state index contributed by atoms with van der Waals surface area (Å²) in [6.45, 7) is 2.91. The SMILES string of the molecule is CC1CC1CNC(=O)Nc1ccc(CCC(=O)O)cc1. The predicted molar refractivity (Wildman–Crippen MR) is 76.7 cm³/mol. The second-order valence-electron chi connectivity index (χ2n) is 5.40. The van der Waals surface area contributed by atoms with Crippen LogP contribution in [0.4, 0.5) is 10.5 Å². The Kier molecular flexibility index (Phi) is 4.61. The third-order valence-electron chi connectivity index (χ3n) is 3.64. The van der Waals surface area contributed by atoms with Crippen LogP contribution >= 0.6 is 0 Å². The van der Waals surface area contributed by atoms with E-state index in [-0.39, 0.29) is 12.5 Å². The van der Waals surface area contributed by atoms with E-state index in [1.54, 1.807) is 12.1 Å². The fourth-order valence-electron chi connectivity index (χ4n) is 2.09. The maximum Gasteiger partial charge on any atom is 0.319 e. The molecule has 1 aliphatic rings. The van der Waals surface area contributed by atoms with Gasteiger partial charge in [-0.15, -0.1) is 0 Å². The number of anilines is 1. The van der Waals surface area contributed by atoms with Crippen molar-refractivity contribution in [1.29, 1.82) is 0 Å². The molecule has 0 spiro atoms. The van der Waals surface area contributed by atoms with Crippen LogP contribution in [0.15, 0.2) is 24.3 Å². The Labute approximate surface area is 118 Å². The molecule has 2 atom stereocenters. The second-order valence-corrected chi connectivity index (χ2v) is 5.40. The number of carboxylic acid groups (broad SMARTS) is 1. The number of hydrogen-bond acceptors (Lipinski definition) is 2. The van der Waals surface area contributed by atoms with E-state index in [0.717, 1.165) is 18.0 Å². The zero-order chi connectivity index (χ0) is 14.5. The number of nitrogens with one attached hydrogen (secondary N) is 2. The van der Waals surface area contributed by atoms with Gasteiger partial charge in [-0.1, -0.05) is 19.1 Å². The molecule has 0 saturated heterocycles. The zero-order valence-corrected chi connectivity index (χ0v) is 11.6. The lowest BCUT2D eigenvalue weighted by molar-refractivity contribution is -0.136. The molecule has 2 unspecified atom stereocenters. The van der Waals surface area contributed by atoms with Crippen LogP contribution in [0, 0.1) is 11.8 Å². The molecular formula is C15H20N2O3. The van der Waals surface area contributed by atoms with E-state index in [9.17, 15) is 9.59 Å². The van der Waals surface area contributed by atoms with Crippen molar-refractivity contribution in [3.05, 3.63) is 29.8 Å². The molecule has 2 amide bonds. The molecule has 3 N–H and O–H groups in total. The van der Waals surface area contributed by atoms with Gasteiger partial charge in [-0.3, -0.25) is 4.79 Å². The van der Waals surface area contributed by atoms with E-state index in [4.69, 9.17) is 5.11 Å². The van der Waals surface area contributed by atoms with Gasteiger partial charge in [-0.05, 0) is 42.4 Å². The Morgan fingerprint density at radius 3 is 2.50 bits per heavy atom. The summed E-state index contributed by atoms with van der Waals surface area (Å²) >= 11 is 0. The van der Waals surface area contributed by atoms with Gasteiger partial charge in [0.25, 0.3) is 0 Å². The highest BCUT2D eigenvalue weighted by Gasteiger charge is 2.32. The van der Waals surface area contributed by atoms with Crippen LogP contribution in [0.3, 0.4) is 0 Å². The minimum Gasteiger partial charge on any atom is -0.481 e. The van der Waals surface area contributed by atoms with Crippen molar-refractivity contribution in [3.63, 3.8) is 0 Å². The Balaban J connectivity index is 1.74. The van der Waals surface area contributed by atoms with Crippen molar-refractivity contribution in [2.24, 2.45) is 11.8 Å². The highest BCUT2D eigenvalue weighted by molar-refractivity contribution is 5.89. The minimum atomic E-state index is -0.805. The standard InChI is InChI=1S/C15H20N2O3/c1-10-8-12(10)9-16-15(20)17-13-5-2-11(3-6-13)4-7-14(18)19/h2-3,5-6,10,12H,4,7-9H2,1H3,(H,18,19)(H2,16,17,20). The quantitative estimate of drug-likeness (QED) is 0.747. The number of hydrogen-bond donors (Lipinski definition) is 3. The number of urea groups is 1. The summed E-state index contributed by atoms with van der Waals surface area (Å²) < 4.78 is 0. The second kappa shape index (κ2) is 6.41. The molecule has 0 radical (unpaired) electrons. The fraction of sp³-hybridized carbons (Fsp3) is 0.467. The monoisotopic (exact) mass is 276 g/mol. The van der Waals surface area contributed by atoms with E-state index in [2.05, 4.69) is 17.6 Å². The molecule has 5 nitrogen and oxygen atoms in total. The molecule has 0 bridgehead atoms. The zero-order valence-electron chi connectivity index (χ0n) is 11.6. The molecule has 1 aromatic carbocycles. The van der Waals surface area contributed by atoms with Crippen LogP contribution in [0.25, 0.3) is 0 Å². The number of rotatable bonds is 6. The van der Waals surface area contributed by atoms with Gasteiger partial charge >= 0.3 is 12.0 Å². The van der Waals surface area contributed by atoms with Gasteiger partial charge in [0.2, 0.25) is 0 Å². The van der Waals surface area contributed by atoms with Gasteiger partial charge in [-0.25, -0.2) is 4.79 Å². The molecule has 1 saturated carbocycles. The topological polar surface area (TPSA) is 78.4 Å². The summed E-state index contributed by atoms with van der Waals surface area (Å²) in [7, 11) is 0. The number of carbonyl (C=O) groups is 2. The lowest BCUT2D eigenvalue weighted by Crippen LogP contribution is -2.30. The summed E-state index contributed by atoms with van der Waals surface area (Å²) in [5.74, 6) is 0.545. The van der Waals surface area contributed by atoms with Crippen molar-refractivity contribution >= 4 is 17.7 Å². The largest absolute Gasteiger partial charge is 0.481 e. The molecule has 1 fully saturated rings. The number of aryl methyl sites for hydroxylation is 1. The van der Waals surface area contributed by atoms with Crippen LogP contribution in [0.2, 0.25) is 0 Å². The number of aliphatic carboxylic acids is 1. The summed E-state index contributed by atoms with van der Waals surface area (Å²) in [6.07, 6.45) is 1.81. The van der Waals surface area contributed by atoms with Crippen molar-refractivity contribution < 1.29 is 14.7 Å². The molecule has 20 heavy (non-hydrogen) atoms. The van der Waals surface area contributed by atoms with Gasteiger partial charge in [-0.2, -0.15) is 0 Å². The van der Waals surface area contributed by atoms with Crippen molar-refractivity contribution in [2.75, 3.05) is 11.9 Å². The maximum atomic E-state index is 11.7. The molecule has 0 heterocycles. The normalized spacial score (nSPS) is 20.2. The Morgan fingerprint density at radius 1 is 1.30 bits per heavy atom. The summed E-state index contributed by atoms with van der Waals surface area (Å²) in [5.41, 5.74) is 1.66. The lowest BCUT2D eigenvalue weighted by atomic mass is 10.1. The van der Waals surface area contributed by atoms with Crippen LogP contribution in [0.5, 0.6) is 0 Å². The first-order valence-electron chi connectivity index (χ1n) is 6.90. The van der Waals surface area contributed by atoms with Gasteiger partial charge in [0, 0.05) is 18.7 Å². The van der Waals surface area contributed by atoms with E-state index >= 15 is 0 Å². The number of benzene rings is 1. The third-order valence-corrected chi connectivity index (χ3v) is 3.64. The van der Waals surface area contributed by atoms with E-state index in [1.165, 1.54) is 6.42 Å². The molecule has 1 aromatic rings. The lowest BCUT2D eigenvalue weighted by Gasteiger charge is -2.08. The number of carbonyl (C=O) groups excluding carboxylic acids is 1. The first-order valence-corrected chi connectivity index (χ1v) is 6.90. The maximum absolute atomic E-state index is 11.7. The van der Waals surface area contributed by atoms with Crippen LogP contribution < -0.4 is 10.6 Å². The Hall–Kier alpha value is -2.04. The fourth-order valence-corrected chi connectivity index (χ4v) is 2.09. The number of carboxylic acids is 1. The van der Waals surface area contributed by atoms with Crippen LogP contribution in [-0.4, -0.2) is 23.7 Å². The van der Waals surface area contributed by atoms with Crippen LogP contribution in [-0.2, 0) is 11.2 Å². The Bertz CT molecular complexity index is 484. The molecule has 0 aliphatic heterocycles. The predicted octanol–water partition coefficient (Wildman–Crippen LogP) is 2.48. The average molecular weight is 276 g/mol.